The third-order valence-electron chi connectivity index (χ3n) is 5.21. The van der Waals surface area contributed by atoms with Gasteiger partial charge in [0.25, 0.3) is 0 Å². The number of nitrogens with zero attached hydrogens (tertiary/aromatic N) is 2. The van der Waals surface area contributed by atoms with Crippen LogP contribution in [0.15, 0.2) is 0 Å². The summed E-state index contributed by atoms with van der Waals surface area (Å²) in [7, 11) is 0. The molecule has 3 rings (SSSR count). The van der Waals surface area contributed by atoms with Gasteiger partial charge in [0.2, 0.25) is 5.91 Å². The molecule has 2 heterocycles. The van der Waals surface area contributed by atoms with E-state index in [0.29, 0.717) is 17.7 Å². The van der Waals surface area contributed by atoms with Crippen LogP contribution in [-0.2, 0) is 4.79 Å². The fourth-order valence-corrected chi connectivity index (χ4v) is 3.83. The fourth-order valence-electron chi connectivity index (χ4n) is 3.83. The van der Waals surface area contributed by atoms with Crippen LogP contribution < -0.4 is 5.32 Å². The Morgan fingerprint density at radius 3 is 2.70 bits per heavy atom. The van der Waals surface area contributed by atoms with Gasteiger partial charge in [-0.15, -0.1) is 0 Å². The molecule has 0 bridgehead atoms. The smallest absolute Gasteiger partial charge is 0.244 e. The molecule has 3 fully saturated rings. The molecule has 1 N–H and O–H groups in total. The van der Waals surface area contributed by atoms with E-state index in [-0.39, 0.29) is 11.7 Å². The topological polar surface area (TPSA) is 35.6 Å². The summed E-state index contributed by atoms with van der Waals surface area (Å²) in [5.41, 5.74) is -0.150. The van der Waals surface area contributed by atoms with E-state index in [0.717, 1.165) is 32.4 Å². The second-order valence-electron chi connectivity index (χ2n) is 7.38. The van der Waals surface area contributed by atoms with Crippen molar-refractivity contribution in [3.8, 4) is 0 Å². The molecule has 3 aliphatic rings. The second kappa shape index (κ2) is 5.30. The van der Waals surface area contributed by atoms with Crippen molar-refractivity contribution in [1.29, 1.82) is 0 Å². The largest absolute Gasteiger partial charge is 0.325 e. The molecule has 2 unspecified atom stereocenters. The van der Waals surface area contributed by atoms with Gasteiger partial charge in [-0.3, -0.25) is 10.1 Å². The highest BCUT2D eigenvalue weighted by Gasteiger charge is 2.59. The van der Waals surface area contributed by atoms with Crippen LogP contribution in [0.3, 0.4) is 0 Å². The van der Waals surface area contributed by atoms with Crippen LogP contribution in [0.5, 0.6) is 0 Å². The third-order valence-corrected chi connectivity index (χ3v) is 5.21. The van der Waals surface area contributed by atoms with Gasteiger partial charge in [0, 0.05) is 13.1 Å². The monoisotopic (exact) mass is 279 g/mol. The van der Waals surface area contributed by atoms with E-state index in [1.807, 2.05) is 0 Å². The van der Waals surface area contributed by atoms with Crippen molar-refractivity contribution in [3.05, 3.63) is 0 Å². The number of nitrogens with one attached hydrogen (secondary N) is 1. The molecule has 4 heteroatoms. The van der Waals surface area contributed by atoms with Gasteiger partial charge in [0.1, 0.15) is 0 Å². The highest BCUT2D eigenvalue weighted by atomic mass is 16.2. The lowest BCUT2D eigenvalue weighted by Gasteiger charge is -2.28. The standard InChI is InChI=1S/C16H29N3O/c1-4-18-8-5-13(10-18)11-19-14(9-12(2)3)17-16(6-7-16)15(19)20/h12-14,17H,4-11H2,1-3H3. The Morgan fingerprint density at radius 2 is 2.15 bits per heavy atom. The second-order valence-corrected chi connectivity index (χ2v) is 7.38. The first-order valence-electron chi connectivity index (χ1n) is 8.35. The molecule has 1 amide bonds. The number of amides is 1. The quantitative estimate of drug-likeness (QED) is 0.831. The summed E-state index contributed by atoms with van der Waals surface area (Å²) in [5.74, 6) is 1.69. The van der Waals surface area contributed by atoms with Gasteiger partial charge in [-0.2, -0.15) is 0 Å². The summed E-state index contributed by atoms with van der Waals surface area (Å²) < 4.78 is 0. The molecular weight excluding hydrogens is 250 g/mol. The van der Waals surface area contributed by atoms with Crippen LogP contribution >= 0.6 is 0 Å². The summed E-state index contributed by atoms with van der Waals surface area (Å²) in [6.45, 7) is 11.2. The number of carbonyl (C=O) groups is 1. The van der Waals surface area contributed by atoms with E-state index in [9.17, 15) is 4.79 Å². The molecule has 1 saturated carbocycles. The molecule has 1 aliphatic carbocycles. The van der Waals surface area contributed by atoms with E-state index in [1.54, 1.807) is 0 Å². The highest BCUT2D eigenvalue weighted by Crippen LogP contribution is 2.43. The van der Waals surface area contributed by atoms with Gasteiger partial charge < -0.3 is 9.80 Å². The lowest BCUT2D eigenvalue weighted by molar-refractivity contribution is -0.131. The van der Waals surface area contributed by atoms with Gasteiger partial charge >= 0.3 is 0 Å². The number of likely N-dealkylation sites (tertiary alicyclic amines) is 1. The number of rotatable bonds is 5. The summed E-state index contributed by atoms with van der Waals surface area (Å²) in [4.78, 5) is 17.4. The van der Waals surface area contributed by atoms with Gasteiger partial charge in [-0.25, -0.2) is 0 Å². The molecule has 2 atom stereocenters. The van der Waals surface area contributed by atoms with Crippen molar-refractivity contribution in [2.24, 2.45) is 11.8 Å². The first kappa shape index (κ1) is 14.3. The van der Waals surface area contributed by atoms with Gasteiger partial charge in [0.15, 0.2) is 0 Å². The van der Waals surface area contributed by atoms with Crippen molar-refractivity contribution in [2.45, 2.75) is 58.2 Å². The van der Waals surface area contributed by atoms with Gasteiger partial charge in [-0.1, -0.05) is 20.8 Å². The predicted molar refractivity (Wildman–Crippen MR) is 80.3 cm³/mol. The summed E-state index contributed by atoms with van der Waals surface area (Å²) in [5, 5.41) is 3.63. The normalized spacial score (nSPS) is 32.8. The van der Waals surface area contributed by atoms with Crippen LogP contribution in [-0.4, -0.2) is 53.6 Å². The minimum Gasteiger partial charge on any atom is -0.325 e. The molecule has 2 saturated heterocycles. The van der Waals surface area contributed by atoms with E-state index >= 15 is 0 Å². The first-order chi connectivity index (χ1) is 9.54. The summed E-state index contributed by atoms with van der Waals surface area (Å²) in [6.07, 6.45) is 4.70. The fraction of sp³-hybridized carbons (Fsp3) is 0.938. The molecule has 0 aromatic heterocycles. The van der Waals surface area contributed by atoms with Crippen molar-refractivity contribution >= 4 is 5.91 Å². The molecule has 1 spiro atoms. The molecular formula is C16H29N3O. The third kappa shape index (κ3) is 2.60. The lowest BCUT2D eigenvalue weighted by atomic mass is 10.1. The Morgan fingerprint density at radius 1 is 1.40 bits per heavy atom. The highest BCUT2D eigenvalue weighted by molar-refractivity contribution is 5.91. The molecule has 20 heavy (non-hydrogen) atoms. The van der Waals surface area contributed by atoms with Crippen LogP contribution in [0.1, 0.15) is 46.5 Å². The lowest BCUT2D eigenvalue weighted by Crippen LogP contribution is -2.41. The van der Waals surface area contributed by atoms with Gasteiger partial charge in [0.05, 0.1) is 11.7 Å². The zero-order valence-electron chi connectivity index (χ0n) is 13.2. The minimum absolute atomic E-state index is 0.150. The first-order valence-corrected chi connectivity index (χ1v) is 8.35. The van der Waals surface area contributed by atoms with Crippen molar-refractivity contribution in [2.75, 3.05) is 26.2 Å². The number of carbonyl (C=O) groups excluding carboxylic acids is 1. The average Bonchev–Trinajstić information content (AvgIpc) is 2.96. The van der Waals surface area contributed by atoms with Crippen molar-refractivity contribution < 1.29 is 4.79 Å². The summed E-state index contributed by atoms with van der Waals surface area (Å²) in [6, 6.07) is 0. The maximum Gasteiger partial charge on any atom is 0.244 e. The van der Waals surface area contributed by atoms with Crippen molar-refractivity contribution in [3.63, 3.8) is 0 Å². The summed E-state index contributed by atoms with van der Waals surface area (Å²) >= 11 is 0. The van der Waals surface area contributed by atoms with E-state index in [1.165, 1.54) is 19.5 Å². The van der Waals surface area contributed by atoms with E-state index < -0.39 is 0 Å². The predicted octanol–water partition coefficient (Wildman–Crippen LogP) is 1.66. The molecule has 0 aromatic carbocycles. The molecule has 0 aromatic rings. The van der Waals surface area contributed by atoms with Gasteiger partial charge in [-0.05, 0) is 50.6 Å². The minimum atomic E-state index is -0.150. The van der Waals surface area contributed by atoms with Crippen LogP contribution in [0, 0.1) is 11.8 Å². The Kier molecular flexibility index (Phi) is 3.80. The molecule has 4 nitrogen and oxygen atoms in total. The Balaban J connectivity index is 1.64. The Bertz CT molecular complexity index is 378. The Hall–Kier alpha value is -0.610. The van der Waals surface area contributed by atoms with Crippen LogP contribution in [0.2, 0.25) is 0 Å². The number of hydrogen-bond acceptors (Lipinski definition) is 3. The maximum atomic E-state index is 12.7. The zero-order valence-corrected chi connectivity index (χ0v) is 13.2. The van der Waals surface area contributed by atoms with E-state index in [2.05, 4.69) is 35.9 Å². The van der Waals surface area contributed by atoms with Crippen molar-refractivity contribution in [1.82, 2.24) is 15.1 Å². The SMILES string of the molecule is CCN1CCC(CN2C(=O)C3(CC3)NC2CC(C)C)C1. The molecule has 0 radical (unpaired) electrons. The molecule has 114 valence electrons. The molecule has 2 aliphatic heterocycles. The maximum absolute atomic E-state index is 12.7. The van der Waals surface area contributed by atoms with E-state index in [4.69, 9.17) is 0 Å². The Labute approximate surface area is 122 Å². The average molecular weight is 279 g/mol. The number of hydrogen-bond donors (Lipinski definition) is 1. The van der Waals surface area contributed by atoms with Crippen LogP contribution in [0.25, 0.3) is 0 Å². The van der Waals surface area contributed by atoms with Crippen LogP contribution in [0.4, 0.5) is 0 Å². The zero-order chi connectivity index (χ0) is 14.3.